The molecule has 2 amide bonds. The second-order valence-corrected chi connectivity index (χ2v) is 8.04. The third-order valence-corrected chi connectivity index (χ3v) is 5.15. The molecule has 6 nitrogen and oxygen atoms in total. The molecule has 0 spiro atoms. The molecule has 0 aliphatic carbocycles. The number of rotatable bonds is 10. The van der Waals surface area contributed by atoms with Crippen molar-refractivity contribution in [3.8, 4) is 11.5 Å². The molecule has 0 bridgehead atoms. The Morgan fingerprint density at radius 2 is 1.55 bits per heavy atom. The van der Waals surface area contributed by atoms with Crippen LogP contribution < -0.4 is 14.8 Å². The monoisotopic (exact) mass is 426 g/mol. The molecule has 2 aromatic carbocycles. The molecule has 0 radical (unpaired) electrons. The number of carbonyl (C=O) groups excluding carboxylic acids is 2. The normalized spacial score (nSPS) is 11.7. The van der Waals surface area contributed by atoms with Gasteiger partial charge in [-0.15, -0.1) is 0 Å². The third-order valence-electron chi connectivity index (χ3n) is 5.15. The molecule has 0 aliphatic heterocycles. The quantitative estimate of drug-likeness (QED) is 0.626. The third kappa shape index (κ3) is 7.02. The fourth-order valence-electron chi connectivity index (χ4n) is 3.31. The summed E-state index contributed by atoms with van der Waals surface area (Å²) in [5.41, 5.74) is 3.12. The van der Waals surface area contributed by atoms with Crippen LogP contribution in [0.25, 0.3) is 0 Å². The van der Waals surface area contributed by atoms with E-state index in [1.54, 1.807) is 26.0 Å². The van der Waals surface area contributed by atoms with Crippen LogP contribution in [0, 0.1) is 6.92 Å². The summed E-state index contributed by atoms with van der Waals surface area (Å²) >= 11 is 0. The first-order valence-electron chi connectivity index (χ1n) is 10.6. The van der Waals surface area contributed by atoms with Crippen molar-refractivity contribution in [2.45, 2.75) is 59.2 Å². The van der Waals surface area contributed by atoms with Crippen molar-refractivity contribution in [1.29, 1.82) is 0 Å². The number of benzene rings is 2. The summed E-state index contributed by atoms with van der Waals surface area (Å²) in [6.45, 7) is 8.01. The van der Waals surface area contributed by atoms with Crippen LogP contribution in [0.4, 0.5) is 0 Å². The van der Waals surface area contributed by atoms with Gasteiger partial charge in [-0.1, -0.05) is 35.9 Å². The van der Waals surface area contributed by atoms with E-state index in [1.807, 2.05) is 63.2 Å². The van der Waals surface area contributed by atoms with E-state index in [0.29, 0.717) is 30.9 Å². The van der Waals surface area contributed by atoms with Crippen LogP contribution in [0.15, 0.2) is 42.5 Å². The zero-order valence-corrected chi connectivity index (χ0v) is 19.4. The number of nitrogens with zero attached hydrogens (tertiary/aromatic N) is 1. The Hall–Kier alpha value is -3.02. The highest BCUT2D eigenvalue weighted by Gasteiger charge is 2.26. The molecule has 0 aromatic heterocycles. The smallest absolute Gasteiger partial charge is 0.242 e. The van der Waals surface area contributed by atoms with E-state index in [-0.39, 0.29) is 17.9 Å². The van der Waals surface area contributed by atoms with Gasteiger partial charge in [0.1, 0.15) is 6.04 Å². The number of hydrogen-bond donors (Lipinski definition) is 1. The van der Waals surface area contributed by atoms with Gasteiger partial charge in [0.05, 0.1) is 14.2 Å². The topological polar surface area (TPSA) is 67.9 Å². The van der Waals surface area contributed by atoms with Crippen molar-refractivity contribution in [2.24, 2.45) is 0 Å². The van der Waals surface area contributed by atoms with Crippen LogP contribution in [-0.2, 0) is 22.6 Å². The molecule has 0 saturated carbocycles. The average molecular weight is 427 g/mol. The first kappa shape index (κ1) is 24.3. The highest BCUT2D eigenvalue weighted by atomic mass is 16.5. The van der Waals surface area contributed by atoms with E-state index < -0.39 is 6.04 Å². The zero-order chi connectivity index (χ0) is 23.0. The molecule has 168 valence electrons. The lowest BCUT2D eigenvalue weighted by molar-refractivity contribution is -0.140. The molecule has 0 fully saturated rings. The van der Waals surface area contributed by atoms with Gasteiger partial charge in [-0.25, -0.2) is 0 Å². The highest BCUT2D eigenvalue weighted by molar-refractivity contribution is 5.87. The molecular weight excluding hydrogens is 392 g/mol. The minimum Gasteiger partial charge on any atom is -0.493 e. The van der Waals surface area contributed by atoms with E-state index in [0.717, 1.165) is 16.7 Å². The van der Waals surface area contributed by atoms with Gasteiger partial charge in [-0.2, -0.15) is 0 Å². The second-order valence-electron chi connectivity index (χ2n) is 8.04. The molecule has 0 heterocycles. The van der Waals surface area contributed by atoms with Crippen molar-refractivity contribution in [3.05, 3.63) is 59.2 Å². The number of ether oxygens (including phenoxy) is 2. The lowest BCUT2D eigenvalue weighted by Gasteiger charge is -2.29. The summed E-state index contributed by atoms with van der Waals surface area (Å²) in [7, 11) is 3.18. The van der Waals surface area contributed by atoms with E-state index >= 15 is 0 Å². The van der Waals surface area contributed by atoms with Crippen LogP contribution in [-0.4, -0.2) is 43.0 Å². The van der Waals surface area contributed by atoms with Gasteiger partial charge in [0.15, 0.2) is 11.5 Å². The maximum Gasteiger partial charge on any atom is 0.242 e. The van der Waals surface area contributed by atoms with E-state index in [9.17, 15) is 9.59 Å². The molecule has 1 atom stereocenters. The maximum absolute atomic E-state index is 13.2. The Morgan fingerprint density at radius 3 is 2.13 bits per heavy atom. The highest BCUT2D eigenvalue weighted by Crippen LogP contribution is 2.28. The molecule has 6 heteroatoms. The molecule has 2 rings (SSSR count). The van der Waals surface area contributed by atoms with Gasteiger partial charge in [-0.3, -0.25) is 9.59 Å². The van der Waals surface area contributed by atoms with Crippen molar-refractivity contribution in [2.75, 3.05) is 14.2 Å². The van der Waals surface area contributed by atoms with Crippen LogP contribution in [0.5, 0.6) is 11.5 Å². The van der Waals surface area contributed by atoms with Gasteiger partial charge in [0.2, 0.25) is 11.8 Å². The molecule has 0 aliphatic rings. The first-order chi connectivity index (χ1) is 14.7. The van der Waals surface area contributed by atoms with Crippen molar-refractivity contribution in [1.82, 2.24) is 10.2 Å². The van der Waals surface area contributed by atoms with E-state index in [4.69, 9.17) is 9.47 Å². The lowest BCUT2D eigenvalue weighted by atomic mass is 10.1. The van der Waals surface area contributed by atoms with Crippen LogP contribution in [0.3, 0.4) is 0 Å². The Morgan fingerprint density at radius 1 is 0.935 bits per heavy atom. The fourth-order valence-corrected chi connectivity index (χ4v) is 3.31. The van der Waals surface area contributed by atoms with E-state index in [2.05, 4.69) is 5.32 Å². The summed E-state index contributed by atoms with van der Waals surface area (Å²) in [5.74, 6) is 1.06. The molecule has 0 saturated heterocycles. The largest absolute Gasteiger partial charge is 0.493 e. The standard InChI is InChI=1S/C25H34N2O4/c1-17(2)26-25(29)19(4)27(16-21-9-7-18(3)8-10-21)24(28)14-12-20-11-13-22(30-5)23(15-20)31-6/h7-11,13,15,17,19H,12,14,16H2,1-6H3,(H,26,29). The van der Waals surface area contributed by atoms with Gasteiger partial charge >= 0.3 is 0 Å². The maximum atomic E-state index is 13.2. The second kappa shape index (κ2) is 11.4. The fraction of sp³-hybridized carbons (Fsp3) is 0.440. The Labute approximate surface area is 185 Å². The van der Waals surface area contributed by atoms with Gasteiger partial charge in [-0.05, 0) is 57.4 Å². The van der Waals surface area contributed by atoms with Gasteiger partial charge in [0.25, 0.3) is 0 Å². The number of aryl methyl sites for hydroxylation is 2. The van der Waals surface area contributed by atoms with Crippen LogP contribution in [0.1, 0.15) is 43.9 Å². The number of nitrogens with one attached hydrogen (secondary N) is 1. The average Bonchev–Trinajstić information content (AvgIpc) is 2.75. The summed E-state index contributed by atoms with van der Waals surface area (Å²) < 4.78 is 10.6. The molecule has 1 N–H and O–H groups in total. The van der Waals surface area contributed by atoms with E-state index in [1.165, 1.54) is 0 Å². The summed E-state index contributed by atoms with van der Waals surface area (Å²) in [6, 6.07) is 13.1. The first-order valence-corrected chi connectivity index (χ1v) is 10.6. The van der Waals surface area contributed by atoms with Crippen LogP contribution >= 0.6 is 0 Å². The Kier molecular flexibility index (Phi) is 8.91. The molecule has 2 aromatic rings. The SMILES string of the molecule is COc1ccc(CCC(=O)N(Cc2ccc(C)cc2)C(C)C(=O)NC(C)C)cc1OC. The minimum absolute atomic E-state index is 0.0121. The van der Waals surface area contributed by atoms with Crippen LogP contribution in [0.2, 0.25) is 0 Å². The van der Waals surface area contributed by atoms with Gasteiger partial charge in [0, 0.05) is 19.0 Å². The van der Waals surface area contributed by atoms with Gasteiger partial charge < -0.3 is 19.7 Å². The number of hydrogen-bond acceptors (Lipinski definition) is 4. The van der Waals surface area contributed by atoms with Crippen molar-refractivity contribution in [3.63, 3.8) is 0 Å². The number of methoxy groups -OCH3 is 2. The molecule has 1 unspecified atom stereocenters. The zero-order valence-electron chi connectivity index (χ0n) is 19.4. The lowest BCUT2D eigenvalue weighted by Crippen LogP contribution is -2.49. The summed E-state index contributed by atoms with van der Waals surface area (Å²) in [4.78, 5) is 27.5. The number of amides is 2. The Bertz CT molecular complexity index is 878. The Balaban J connectivity index is 2.16. The predicted octanol–water partition coefficient (Wildman–Crippen LogP) is 3.89. The van der Waals surface area contributed by atoms with Crippen molar-refractivity contribution >= 4 is 11.8 Å². The summed E-state index contributed by atoms with van der Waals surface area (Å²) in [5, 5.41) is 2.91. The van der Waals surface area contributed by atoms with Crippen molar-refractivity contribution < 1.29 is 19.1 Å². The predicted molar refractivity (Wildman–Crippen MR) is 122 cm³/mol. The molecule has 31 heavy (non-hydrogen) atoms. The minimum atomic E-state index is -0.568. The summed E-state index contributed by atoms with van der Waals surface area (Å²) in [6.07, 6.45) is 0.836. The number of carbonyl (C=O) groups is 2. The molecular formula is C25H34N2O4.